The third-order valence-corrected chi connectivity index (χ3v) is 4.79. The van der Waals surface area contributed by atoms with Gasteiger partial charge in [0.25, 0.3) is 0 Å². The van der Waals surface area contributed by atoms with Crippen molar-refractivity contribution < 1.29 is 12.8 Å². The number of nitrogens with one attached hydrogen (secondary N) is 1. The molecule has 0 aliphatic rings. The molecule has 0 aliphatic heterocycles. The van der Waals surface area contributed by atoms with Crippen LogP contribution in [0.15, 0.2) is 35.2 Å². The van der Waals surface area contributed by atoms with Crippen molar-refractivity contribution in [3.63, 3.8) is 0 Å². The first kappa shape index (κ1) is 14.3. The van der Waals surface area contributed by atoms with E-state index in [1.54, 1.807) is 6.07 Å². The first-order valence-corrected chi connectivity index (χ1v) is 8.42. The minimum absolute atomic E-state index is 0.0839. The van der Waals surface area contributed by atoms with Gasteiger partial charge < -0.3 is 5.32 Å². The van der Waals surface area contributed by atoms with Gasteiger partial charge >= 0.3 is 0 Å². The molecule has 0 atom stereocenters. The highest BCUT2D eigenvalue weighted by Gasteiger charge is 2.11. The van der Waals surface area contributed by atoms with Crippen LogP contribution in [0, 0.1) is 5.82 Å². The van der Waals surface area contributed by atoms with Crippen LogP contribution in [0.25, 0.3) is 0 Å². The molecule has 1 heterocycles. The molecule has 0 saturated carbocycles. The predicted molar refractivity (Wildman–Crippen MR) is 76.2 cm³/mol. The van der Waals surface area contributed by atoms with E-state index >= 15 is 0 Å². The summed E-state index contributed by atoms with van der Waals surface area (Å²) in [4.78, 5) is 1.02. The van der Waals surface area contributed by atoms with Gasteiger partial charge in [-0.05, 0) is 30.3 Å². The molecule has 2 aromatic rings. The lowest BCUT2D eigenvalue weighted by atomic mass is 10.3. The summed E-state index contributed by atoms with van der Waals surface area (Å²) in [6, 6.07) is 7.27. The van der Waals surface area contributed by atoms with Gasteiger partial charge in [-0.15, -0.1) is 11.3 Å². The van der Waals surface area contributed by atoms with E-state index in [4.69, 9.17) is 11.6 Å². The van der Waals surface area contributed by atoms with Gasteiger partial charge in [0.05, 0.1) is 14.9 Å². The van der Waals surface area contributed by atoms with Crippen LogP contribution in [0.1, 0.15) is 4.88 Å². The second kappa shape index (κ2) is 5.48. The fraction of sp³-hybridized carbons (Fsp3) is 0.167. The standard InChI is InChI=1S/C12H11ClFNO2S2/c1-19(16,17)9-3-4-10(14)11(6-9)15-7-8-2-5-12(13)18-8/h2-6,15H,7H2,1H3. The Kier molecular flexibility index (Phi) is 4.13. The van der Waals surface area contributed by atoms with Gasteiger partial charge in [0, 0.05) is 17.7 Å². The highest BCUT2D eigenvalue weighted by Crippen LogP contribution is 2.24. The smallest absolute Gasteiger partial charge is 0.175 e. The molecule has 3 nitrogen and oxygen atoms in total. The first-order valence-electron chi connectivity index (χ1n) is 5.34. The minimum atomic E-state index is -3.35. The Hall–Kier alpha value is -1.11. The molecule has 0 saturated heterocycles. The summed E-state index contributed by atoms with van der Waals surface area (Å²) in [7, 11) is -3.35. The molecule has 2 rings (SSSR count). The Morgan fingerprint density at radius 1 is 1.32 bits per heavy atom. The molecule has 1 aromatic heterocycles. The van der Waals surface area contributed by atoms with Gasteiger partial charge in [-0.25, -0.2) is 12.8 Å². The molecule has 102 valence electrons. The lowest BCUT2D eigenvalue weighted by Gasteiger charge is -2.08. The van der Waals surface area contributed by atoms with E-state index in [0.29, 0.717) is 10.9 Å². The Labute approximate surface area is 120 Å². The maximum atomic E-state index is 13.6. The maximum absolute atomic E-state index is 13.6. The van der Waals surface area contributed by atoms with Crippen molar-refractivity contribution in [1.29, 1.82) is 0 Å². The van der Waals surface area contributed by atoms with E-state index in [1.165, 1.54) is 23.5 Å². The Morgan fingerprint density at radius 3 is 2.63 bits per heavy atom. The molecule has 7 heteroatoms. The zero-order valence-corrected chi connectivity index (χ0v) is 12.4. The molecule has 0 radical (unpaired) electrons. The molecule has 0 unspecified atom stereocenters. The van der Waals surface area contributed by atoms with Gasteiger partial charge in [-0.3, -0.25) is 0 Å². The lowest BCUT2D eigenvalue weighted by Crippen LogP contribution is -2.03. The van der Waals surface area contributed by atoms with Crippen molar-refractivity contribution in [2.45, 2.75) is 11.4 Å². The summed E-state index contributed by atoms with van der Waals surface area (Å²) in [5.74, 6) is -0.491. The summed E-state index contributed by atoms with van der Waals surface area (Å²) in [5.41, 5.74) is 0.160. The van der Waals surface area contributed by atoms with Crippen molar-refractivity contribution in [1.82, 2.24) is 0 Å². The van der Waals surface area contributed by atoms with Crippen LogP contribution < -0.4 is 5.32 Å². The molecule has 1 N–H and O–H groups in total. The van der Waals surface area contributed by atoms with Gasteiger partial charge in [0.1, 0.15) is 5.82 Å². The van der Waals surface area contributed by atoms with Crippen LogP contribution in [0.3, 0.4) is 0 Å². The molecule has 1 aromatic carbocycles. The van der Waals surface area contributed by atoms with E-state index in [-0.39, 0.29) is 10.6 Å². The summed E-state index contributed by atoms with van der Waals surface area (Å²) in [5, 5.41) is 2.87. The number of benzene rings is 1. The highest BCUT2D eigenvalue weighted by atomic mass is 35.5. The number of halogens is 2. The van der Waals surface area contributed by atoms with Gasteiger partial charge in [0.15, 0.2) is 9.84 Å². The van der Waals surface area contributed by atoms with Crippen LogP contribution in [-0.2, 0) is 16.4 Å². The van der Waals surface area contributed by atoms with E-state index < -0.39 is 15.7 Å². The zero-order valence-electron chi connectivity index (χ0n) is 9.98. The molecule has 0 spiro atoms. The van der Waals surface area contributed by atoms with E-state index in [1.807, 2.05) is 6.07 Å². The second-order valence-corrected chi connectivity index (χ2v) is 7.79. The van der Waals surface area contributed by atoms with Crippen LogP contribution in [-0.4, -0.2) is 14.7 Å². The normalized spacial score (nSPS) is 11.5. The Balaban J connectivity index is 2.20. The predicted octanol–water partition coefficient (Wildman–Crippen LogP) is 3.56. The average molecular weight is 320 g/mol. The third-order valence-electron chi connectivity index (χ3n) is 2.45. The SMILES string of the molecule is CS(=O)(=O)c1ccc(F)c(NCc2ccc(Cl)s2)c1. The summed E-state index contributed by atoms with van der Waals surface area (Å²) < 4.78 is 37.1. The Bertz CT molecular complexity index is 698. The fourth-order valence-electron chi connectivity index (χ4n) is 1.50. The number of sulfone groups is 1. The molecule has 0 aliphatic carbocycles. The third kappa shape index (κ3) is 3.68. The van der Waals surface area contributed by atoms with E-state index in [9.17, 15) is 12.8 Å². The van der Waals surface area contributed by atoms with Crippen LogP contribution in [0.4, 0.5) is 10.1 Å². The van der Waals surface area contributed by atoms with Gasteiger partial charge in [-0.2, -0.15) is 0 Å². The van der Waals surface area contributed by atoms with Crippen LogP contribution >= 0.6 is 22.9 Å². The van der Waals surface area contributed by atoms with Crippen molar-refractivity contribution in [2.75, 3.05) is 11.6 Å². The number of anilines is 1. The number of hydrogen-bond donors (Lipinski definition) is 1. The summed E-state index contributed by atoms with van der Waals surface area (Å²) in [6.07, 6.45) is 1.09. The lowest BCUT2D eigenvalue weighted by molar-refractivity contribution is 0.600. The quantitative estimate of drug-likeness (QED) is 0.877. The van der Waals surface area contributed by atoms with Crippen LogP contribution in [0.5, 0.6) is 0 Å². The van der Waals surface area contributed by atoms with Crippen molar-refractivity contribution in [3.8, 4) is 0 Å². The molecule has 0 amide bonds. The minimum Gasteiger partial charge on any atom is -0.378 e. The van der Waals surface area contributed by atoms with Gasteiger partial charge in [0.2, 0.25) is 0 Å². The van der Waals surface area contributed by atoms with E-state index in [2.05, 4.69) is 5.32 Å². The molecular formula is C12H11ClFNO2S2. The fourth-order valence-corrected chi connectivity index (χ4v) is 3.17. The number of thiophene rings is 1. The summed E-state index contributed by atoms with van der Waals surface area (Å²) >= 11 is 7.18. The van der Waals surface area contributed by atoms with E-state index in [0.717, 1.165) is 17.2 Å². The van der Waals surface area contributed by atoms with Crippen LogP contribution in [0.2, 0.25) is 4.34 Å². The zero-order chi connectivity index (χ0) is 14.0. The monoisotopic (exact) mass is 319 g/mol. The second-order valence-electron chi connectivity index (χ2n) is 3.97. The molecule has 19 heavy (non-hydrogen) atoms. The first-order chi connectivity index (χ1) is 8.86. The van der Waals surface area contributed by atoms with Crippen molar-refractivity contribution in [3.05, 3.63) is 45.4 Å². The van der Waals surface area contributed by atoms with Crippen molar-refractivity contribution >= 4 is 38.5 Å². The summed E-state index contributed by atoms with van der Waals surface area (Å²) in [6.45, 7) is 0.390. The number of rotatable bonds is 4. The maximum Gasteiger partial charge on any atom is 0.175 e. The molecule has 0 bridgehead atoms. The average Bonchev–Trinajstić information content (AvgIpc) is 2.72. The molecule has 0 fully saturated rings. The largest absolute Gasteiger partial charge is 0.378 e. The highest BCUT2D eigenvalue weighted by molar-refractivity contribution is 7.90. The topological polar surface area (TPSA) is 46.2 Å². The molecular weight excluding hydrogens is 309 g/mol. The Morgan fingerprint density at radius 2 is 2.05 bits per heavy atom. The van der Waals surface area contributed by atoms with Crippen molar-refractivity contribution in [2.24, 2.45) is 0 Å². The number of hydrogen-bond acceptors (Lipinski definition) is 4. The van der Waals surface area contributed by atoms with Gasteiger partial charge in [-0.1, -0.05) is 11.6 Å².